The first-order valence-electron chi connectivity index (χ1n) is 6.84. The Morgan fingerprint density at radius 3 is 2.95 bits per heavy atom. The zero-order valence-electron chi connectivity index (χ0n) is 11.6. The molecule has 1 fully saturated rings. The van der Waals surface area contributed by atoms with Gasteiger partial charge in [0.05, 0.1) is 19.2 Å². The molecule has 0 spiro atoms. The summed E-state index contributed by atoms with van der Waals surface area (Å²) in [5.41, 5.74) is 0. The van der Waals surface area contributed by atoms with E-state index in [0.717, 1.165) is 19.3 Å². The molecule has 1 saturated heterocycles. The molecule has 2 N–H and O–H groups in total. The lowest BCUT2D eigenvalue weighted by Crippen LogP contribution is -2.45. The van der Waals surface area contributed by atoms with Crippen LogP contribution in [0.3, 0.4) is 0 Å². The Bertz CT molecular complexity index is 290. The first-order valence-corrected chi connectivity index (χ1v) is 6.84. The monoisotopic (exact) mass is 272 g/mol. The predicted octanol–water partition coefficient (Wildman–Crippen LogP) is -0.0974. The van der Waals surface area contributed by atoms with Crippen LogP contribution in [-0.4, -0.2) is 61.3 Å². The normalized spacial score (nSPS) is 18.0. The van der Waals surface area contributed by atoms with Crippen LogP contribution in [0.1, 0.15) is 32.1 Å². The molecule has 0 aromatic carbocycles. The lowest BCUT2D eigenvalue weighted by molar-refractivity contribution is -0.136. The molecule has 0 bridgehead atoms. The van der Waals surface area contributed by atoms with E-state index < -0.39 is 0 Å². The molecule has 0 radical (unpaired) electrons. The van der Waals surface area contributed by atoms with Gasteiger partial charge in [-0.3, -0.25) is 9.59 Å². The van der Waals surface area contributed by atoms with Gasteiger partial charge in [0, 0.05) is 26.7 Å². The summed E-state index contributed by atoms with van der Waals surface area (Å²) in [5, 5.41) is 11.7. The molecule has 6 nitrogen and oxygen atoms in total. The first-order chi connectivity index (χ1) is 9.17. The van der Waals surface area contributed by atoms with Gasteiger partial charge in [0.25, 0.3) is 0 Å². The number of aliphatic hydroxyl groups excluding tert-OH is 1. The van der Waals surface area contributed by atoms with Gasteiger partial charge in [-0.1, -0.05) is 6.42 Å². The molecule has 0 aromatic rings. The Morgan fingerprint density at radius 1 is 1.47 bits per heavy atom. The lowest BCUT2D eigenvalue weighted by atomic mass is 10.2. The molecular weight excluding hydrogens is 248 g/mol. The van der Waals surface area contributed by atoms with Gasteiger partial charge in [-0.05, 0) is 19.3 Å². The highest BCUT2D eigenvalue weighted by atomic mass is 16.5. The number of aliphatic hydroxyl groups is 1. The number of hydrogen-bond acceptors (Lipinski definition) is 4. The van der Waals surface area contributed by atoms with Crippen molar-refractivity contribution in [3.63, 3.8) is 0 Å². The van der Waals surface area contributed by atoms with E-state index in [2.05, 4.69) is 5.32 Å². The Morgan fingerprint density at radius 2 is 2.26 bits per heavy atom. The fourth-order valence-corrected chi connectivity index (χ4v) is 2.21. The number of carbonyl (C=O) groups excluding carboxylic acids is 2. The maximum atomic E-state index is 11.9. The standard InChI is InChI=1S/C13H24N2O4/c1-19-10-11(6-8-16)14-12(17)9-15-7-4-2-3-5-13(15)18/h11,16H,2-10H2,1H3,(H,14,17). The van der Waals surface area contributed by atoms with E-state index in [-0.39, 0.29) is 31.0 Å². The Balaban J connectivity index is 2.41. The minimum Gasteiger partial charge on any atom is -0.396 e. The second-order valence-corrected chi connectivity index (χ2v) is 4.86. The molecule has 1 aliphatic rings. The predicted molar refractivity (Wildman–Crippen MR) is 70.6 cm³/mol. The Hall–Kier alpha value is -1.14. The number of amides is 2. The van der Waals surface area contributed by atoms with E-state index in [1.165, 1.54) is 0 Å². The van der Waals surface area contributed by atoms with Gasteiger partial charge in [0.15, 0.2) is 0 Å². The van der Waals surface area contributed by atoms with E-state index in [1.54, 1.807) is 12.0 Å². The molecule has 0 aliphatic carbocycles. The second kappa shape index (κ2) is 8.87. The highest BCUT2D eigenvalue weighted by Gasteiger charge is 2.20. The van der Waals surface area contributed by atoms with Crippen LogP contribution in [0.2, 0.25) is 0 Å². The van der Waals surface area contributed by atoms with Crippen molar-refractivity contribution in [1.82, 2.24) is 10.2 Å². The molecule has 0 saturated carbocycles. The molecule has 1 unspecified atom stereocenters. The van der Waals surface area contributed by atoms with Crippen LogP contribution >= 0.6 is 0 Å². The zero-order valence-corrected chi connectivity index (χ0v) is 11.6. The van der Waals surface area contributed by atoms with E-state index in [1.807, 2.05) is 0 Å². The fraction of sp³-hybridized carbons (Fsp3) is 0.846. The summed E-state index contributed by atoms with van der Waals surface area (Å²) >= 11 is 0. The number of methoxy groups -OCH3 is 1. The van der Waals surface area contributed by atoms with E-state index >= 15 is 0 Å². The summed E-state index contributed by atoms with van der Waals surface area (Å²) in [6.07, 6.45) is 3.89. The molecule has 0 aromatic heterocycles. The van der Waals surface area contributed by atoms with Crippen molar-refractivity contribution in [2.45, 2.75) is 38.1 Å². The summed E-state index contributed by atoms with van der Waals surface area (Å²) in [5.74, 6) is -0.135. The third kappa shape index (κ3) is 6.02. The molecule has 1 heterocycles. The number of nitrogens with zero attached hydrogens (tertiary/aromatic N) is 1. The third-order valence-electron chi connectivity index (χ3n) is 3.22. The van der Waals surface area contributed by atoms with Crippen LogP contribution in [0, 0.1) is 0 Å². The van der Waals surface area contributed by atoms with Crippen molar-refractivity contribution in [2.75, 3.05) is 33.4 Å². The van der Waals surface area contributed by atoms with E-state index in [4.69, 9.17) is 9.84 Å². The van der Waals surface area contributed by atoms with Gasteiger partial charge in [0.1, 0.15) is 0 Å². The largest absolute Gasteiger partial charge is 0.396 e. The van der Waals surface area contributed by atoms with Crippen LogP contribution in [0.15, 0.2) is 0 Å². The summed E-state index contributed by atoms with van der Waals surface area (Å²) < 4.78 is 4.98. The molecule has 1 rings (SSSR count). The van der Waals surface area contributed by atoms with Crippen LogP contribution in [-0.2, 0) is 14.3 Å². The molecule has 1 aliphatic heterocycles. The van der Waals surface area contributed by atoms with Gasteiger partial charge in [0.2, 0.25) is 11.8 Å². The van der Waals surface area contributed by atoms with Crippen molar-refractivity contribution in [3.8, 4) is 0 Å². The molecule has 6 heteroatoms. The van der Waals surface area contributed by atoms with Crippen LogP contribution in [0.25, 0.3) is 0 Å². The van der Waals surface area contributed by atoms with Gasteiger partial charge in [-0.2, -0.15) is 0 Å². The van der Waals surface area contributed by atoms with Crippen LogP contribution < -0.4 is 5.32 Å². The summed E-state index contributed by atoms with van der Waals surface area (Å²) in [6, 6.07) is -0.204. The average molecular weight is 272 g/mol. The number of ether oxygens (including phenoxy) is 1. The Labute approximate surface area is 114 Å². The van der Waals surface area contributed by atoms with Crippen molar-refractivity contribution in [1.29, 1.82) is 0 Å². The van der Waals surface area contributed by atoms with Gasteiger partial charge in [-0.15, -0.1) is 0 Å². The maximum absolute atomic E-state index is 11.9. The van der Waals surface area contributed by atoms with Crippen LogP contribution in [0.4, 0.5) is 0 Å². The quantitative estimate of drug-likeness (QED) is 0.678. The van der Waals surface area contributed by atoms with E-state index in [0.29, 0.717) is 26.0 Å². The number of nitrogens with one attached hydrogen (secondary N) is 1. The van der Waals surface area contributed by atoms with Crippen molar-refractivity contribution < 1.29 is 19.4 Å². The minimum absolute atomic E-state index is 0.00302. The smallest absolute Gasteiger partial charge is 0.239 e. The SMILES string of the molecule is COCC(CCO)NC(=O)CN1CCCCCC1=O. The lowest BCUT2D eigenvalue weighted by Gasteiger charge is -2.22. The zero-order chi connectivity index (χ0) is 14.1. The van der Waals surface area contributed by atoms with E-state index in [9.17, 15) is 9.59 Å². The fourth-order valence-electron chi connectivity index (χ4n) is 2.21. The summed E-state index contributed by atoms with van der Waals surface area (Å²) in [4.78, 5) is 25.3. The van der Waals surface area contributed by atoms with Gasteiger partial charge >= 0.3 is 0 Å². The average Bonchev–Trinajstić information content (AvgIpc) is 2.55. The minimum atomic E-state index is -0.204. The molecule has 110 valence electrons. The molecule has 19 heavy (non-hydrogen) atoms. The number of hydrogen-bond donors (Lipinski definition) is 2. The van der Waals surface area contributed by atoms with Crippen LogP contribution in [0.5, 0.6) is 0 Å². The molecular formula is C13H24N2O4. The maximum Gasteiger partial charge on any atom is 0.239 e. The molecule has 2 amide bonds. The highest BCUT2D eigenvalue weighted by molar-refractivity contribution is 5.85. The topological polar surface area (TPSA) is 78.9 Å². The van der Waals surface area contributed by atoms with Crippen molar-refractivity contribution in [2.24, 2.45) is 0 Å². The number of likely N-dealkylation sites (tertiary alicyclic amines) is 1. The third-order valence-corrected chi connectivity index (χ3v) is 3.22. The van der Waals surface area contributed by atoms with Gasteiger partial charge in [-0.25, -0.2) is 0 Å². The summed E-state index contributed by atoms with van der Waals surface area (Å²) in [6.45, 7) is 1.11. The molecule has 1 atom stereocenters. The summed E-state index contributed by atoms with van der Waals surface area (Å²) in [7, 11) is 1.55. The van der Waals surface area contributed by atoms with Crippen molar-refractivity contribution >= 4 is 11.8 Å². The Kier molecular flexibility index (Phi) is 7.43. The van der Waals surface area contributed by atoms with Crippen molar-refractivity contribution in [3.05, 3.63) is 0 Å². The number of carbonyl (C=O) groups is 2. The second-order valence-electron chi connectivity index (χ2n) is 4.86. The van der Waals surface area contributed by atoms with Gasteiger partial charge < -0.3 is 20.1 Å². The number of rotatable bonds is 7. The highest BCUT2D eigenvalue weighted by Crippen LogP contribution is 2.10. The first kappa shape index (κ1) is 15.9.